The highest BCUT2D eigenvalue weighted by Crippen LogP contribution is 2.09. The molecule has 0 fully saturated rings. The first-order valence-electron chi connectivity index (χ1n) is 2.27. The molecule has 0 aliphatic rings. The average molecular weight is 165 g/mol. The highest BCUT2D eigenvalue weighted by molar-refractivity contribution is 8.71. The third-order valence-corrected chi connectivity index (χ3v) is 3.09. The maximum Gasteiger partial charge on any atom is 0.198 e. The molecule has 0 saturated carbocycles. The number of nitriles is 1. The van der Waals surface area contributed by atoms with Crippen molar-refractivity contribution in [2.45, 2.75) is 6.42 Å². The molecule has 0 aromatic carbocycles. The fraction of sp³-hybridized carbons (Fsp3) is 0.750. The van der Waals surface area contributed by atoms with Gasteiger partial charge in [0, 0.05) is 18.4 Å². The molecule has 0 aliphatic heterocycles. The van der Waals surface area contributed by atoms with Gasteiger partial charge in [0.15, 0.2) is 8.87 Å². The van der Waals surface area contributed by atoms with Crippen molar-refractivity contribution in [1.29, 1.82) is 5.26 Å². The van der Waals surface area contributed by atoms with Gasteiger partial charge >= 0.3 is 0 Å². The largest absolute Gasteiger partial charge is 0.218 e. The molecule has 0 heterocycles. The molecular formula is C4H7NO2S2. The monoisotopic (exact) mass is 165 g/mol. The van der Waals surface area contributed by atoms with Crippen LogP contribution in [0, 0.1) is 11.3 Å². The van der Waals surface area contributed by atoms with Gasteiger partial charge in [0.25, 0.3) is 0 Å². The Hall–Kier alpha value is -0.210. The number of hydrogen-bond acceptors (Lipinski definition) is 4. The number of hydrogen-bond donors (Lipinski definition) is 0. The van der Waals surface area contributed by atoms with Crippen molar-refractivity contribution in [3.63, 3.8) is 0 Å². The third kappa shape index (κ3) is 7.79. The second-order valence-electron chi connectivity index (χ2n) is 1.43. The summed E-state index contributed by atoms with van der Waals surface area (Å²) in [5.41, 5.74) is 0. The van der Waals surface area contributed by atoms with Gasteiger partial charge in [0.1, 0.15) is 0 Å². The zero-order chi connectivity index (χ0) is 7.33. The Balaban J connectivity index is 3.44. The summed E-state index contributed by atoms with van der Waals surface area (Å²) in [6.45, 7) is 0. The lowest BCUT2D eigenvalue weighted by Crippen LogP contribution is -1.89. The van der Waals surface area contributed by atoms with Gasteiger partial charge in [-0.2, -0.15) is 5.26 Å². The van der Waals surface area contributed by atoms with E-state index in [9.17, 15) is 8.42 Å². The van der Waals surface area contributed by atoms with Crippen LogP contribution in [0.4, 0.5) is 0 Å². The molecule has 5 heteroatoms. The van der Waals surface area contributed by atoms with E-state index < -0.39 is 8.87 Å². The summed E-state index contributed by atoms with van der Waals surface area (Å²) in [4.78, 5) is 0. The molecule has 0 spiro atoms. The lowest BCUT2D eigenvalue weighted by molar-refractivity contribution is 0.615. The predicted octanol–water partition coefficient (Wildman–Crippen LogP) is 0.593. The third-order valence-electron chi connectivity index (χ3n) is 0.511. The summed E-state index contributed by atoms with van der Waals surface area (Å²) in [6, 6.07) is 1.86. The van der Waals surface area contributed by atoms with Crippen LogP contribution in [0.15, 0.2) is 0 Å². The smallest absolute Gasteiger partial charge is 0.198 e. The molecule has 0 atom stereocenters. The van der Waals surface area contributed by atoms with Gasteiger partial charge in [0.05, 0.1) is 6.07 Å². The molecule has 0 aromatic heterocycles. The van der Waals surface area contributed by atoms with Crippen molar-refractivity contribution in [3.05, 3.63) is 0 Å². The van der Waals surface area contributed by atoms with Crippen LogP contribution < -0.4 is 0 Å². The van der Waals surface area contributed by atoms with Crippen LogP contribution >= 0.6 is 10.8 Å². The first kappa shape index (κ1) is 8.79. The molecule has 0 N–H and O–H groups in total. The Labute approximate surface area is 58.4 Å². The summed E-state index contributed by atoms with van der Waals surface area (Å²) in [5, 5.41) is 8.00. The SMILES string of the molecule is CS(=O)(=O)SCCC#N. The van der Waals surface area contributed by atoms with Crippen molar-refractivity contribution in [2.24, 2.45) is 0 Å². The Bertz CT molecular complexity index is 201. The van der Waals surface area contributed by atoms with Crippen molar-refractivity contribution < 1.29 is 8.42 Å². The molecule has 0 aliphatic carbocycles. The Kier molecular flexibility index (Phi) is 3.66. The van der Waals surface area contributed by atoms with E-state index in [0.29, 0.717) is 5.75 Å². The van der Waals surface area contributed by atoms with Crippen LogP contribution in [0.5, 0.6) is 0 Å². The van der Waals surface area contributed by atoms with Gasteiger partial charge in [-0.15, -0.1) is 0 Å². The van der Waals surface area contributed by atoms with Crippen molar-refractivity contribution in [1.82, 2.24) is 0 Å². The van der Waals surface area contributed by atoms with Crippen molar-refractivity contribution >= 4 is 19.7 Å². The van der Waals surface area contributed by atoms with E-state index in [-0.39, 0.29) is 6.42 Å². The molecule has 9 heavy (non-hydrogen) atoms. The van der Waals surface area contributed by atoms with Crippen molar-refractivity contribution in [2.75, 3.05) is 12.0 Å². The molecule has 0 unspecified atom stereocenters. The quantitative estimate of drug-likeness (QED) is 0.453. The molecule has 0 radical (unpaired) electrons. The topological polar surface area (TPSA) is 57.9 Å². The minimum absolute atomic E-state index is 0.289. The van der Waals surface area contributed by atoms with E-state index in [4.69, 9.17) is 5.26 Å². The molecule has 0 amide bonds. The molecule has 0 saturated heterocycles. The van der Waals surface area contributed by atoms with E-state index in [1.807, 2.05) is 6.07 Å². The fourth-order valence-electron chi connectivity index (χ4n) is 0.239. The van der Waals surface area contributed by atoms with E-state index in [2.05, 4.69) is 0 Å². The zero-order valence-corrected chi connectivity index (χ0v) is 6.63. The number of rotatable bonds is 3. The highest BCUT2D eigenvalue weighted by atomic mass is 33.1. The van der Waals surface area contributed by atoms with Crippen LogP contribution in [-0.2, 0) is 8.87 Å². The standard InChI is InChI=1S/C4H7NO2S2/c1-9(6,7)8-4-2-3-5/h2,4H2,1H3. The van der Waals surface area contributed by atoms with Gasteiger partial charge in [-0.1, -0.05) is 0 Å². The first-order chi connectivity index (χ1) is 4.06. The van der Waals surface area contributed by atoms with Gasteiger partial charge in [-0.25, -0.2) is 8.42 Å². The lowest BCUT2D eigenvalue weighted by Gasteiger charge is -1.89. The lowest BCUT2D eigenvalue weighted by atomic mass is 10.6. The molecule has 3 nitrogen and oxygen atoms in total. The summed E-state index contributed by atoms with van der Waals surface area (Å²) in [5.74, 6) is 0.370. The predicted molar refractivity (Wildman–Crippen MR) is 37.5 cm³/mol. The van der Waals surface area contributed by atoms with E-state index >= 15 is 0 Å². The molecular weight excluding hydrogens is 158 g/mol. The first-order valence-corrected chi connectivity index (χ1v) is 5.67. The zero-order valence-electron chi connectivity index (χ0n) is 4.99. The Morgan fingerprint density at radius 2 is 2.22 bits per heavy atom. The van der Waals surface area contributed by atoms with Crippen LogP contribution in [-0.4, -0.2) is 20.4 Å². The van der Waals surface area contributed by atoms with E-state index in [1.54, 1.807) is 0 Å². The minimum atomic E-state index is -2.93. The van der Waals surface area contributed by atoms with Crippen molar-refractivity contribution in [3.8, 4) is 6.07 Å². The molecule has 0 rings (SSSR count). The van der Waals surface area contributed by atoms with Gasteiger partial charge in [-0.05, 0) is 10.8 Å². The fourth-order valence-corrected chi connectivity index (χ4v) is 1.87. The normalized spacial score (nSPS) is 10.7. The van der Waals surface area contributed by atoms with Crippen LogP contribution in [0.2, 0.25) is 0 Å². The second kappa shape index (κ2) is 3.75. The van der Waals surface area contributed by atoms with E-state index in [0.717, 1.165) is 17.0 Å². The highest BCUT2D eigenvalue weighted by Gasteiger charge is 1.99. The Morgan fingerprint density at radius 3 is 2.56 bits per heavy atom. The van der Waals surface area contributed by atoms with Crippen LogP contribution in [0.3, 0.4) is 0 Å². The summed E-state index contributed by atoms with van der Waals surface area (Å²) >= 11 is 0. The maximum absolute atomic E-state index is 10.4. The molecule has 0 bridgehead atoms. The number of nitrogens with zero attached hydrogens (tertiary/aromatic N) is 1. The van der Waals surface area contributed by atoms with Crippen LogP contribution in [0.1, 0.15) is 6.42 Å². The van der Waals surface area contributed by atoms with Crippen LogP contribution in [0.25, 0.3) is 0 Å². The van der Waals surface area contributed by atoms with Gasteiger partial charge < -0.3 is 0 Å². The summed E-state index contributed by atoms with van der Waals surface area (Å²) in [6.07, 6.45) is 1.42. The summed E-state index contributed by atoms with van der Waals surface area (Å²) < 4.78 is 20.7. The minimum Gasteiger partial charge on any atom is -0.218 e. The molecule has 52 valence electrons. The second-order valence-corrected chi connectivity index (χ2v) is 6.01. The molecule has 0 aromatic rings. The summed E-state index contributed by atoms with van der Waals surface area (Å²) in [7, 11) is -2.12. The van der Waals surface area contributed by atoms with Gasteiger partial charge in [0.2, 0.25) is 0 Å². The maximum atomic E-state index is 10.4. The average Bonchev–Trinajstić information content (AvgIpc) is 1.63. The van der Waals surface area contributed by atoms with Gasteiger partial charge in [-0.3, -0.25) is 0 Å². The van der Waals surface area contributed by atoms with E-state index in [1.165, 1.54) is 0 Å². The Morgan fingerprint density at radius 1 is 1.67 bits per heavy atom.